The molecule has 0 aliphatic heterocycles. The Morgan fingerprint density at radius 3 is 2.70 bits per heavy atom. The van der Waals surface area contributed by atoms with Gasteiger partial charge in [0.15, 0.2) is 17.3 Å². The lowest BCUT2D eigenvalue weighted by atomic mass is 10.1. The fourth-order valence-electron chi connectivity index (χ4n) is 4.40. The molecule has 1 amide bonds. The highest BCUT2D eigenvalue weighted by atomic mass is 19.4. The van der Waals surface area contributed by atoms with Gasteiger partial charge in [0.1, 0.15) is 12.0 Å². The second-order valence-electron chi connectivity index (χ2n) is 9.24. The van der Waals surface area contributed by atoms with E-state index in [4.69, 9.17) is 4.74 Å². The monoisotopic (exact) mass is 556 g/mol. The molecule has 0 radical (unpaired) electrons. The van der Waals surface area contributed by atoms with Gasteiger partial charge in [0, 0.05) is 24.5 Å². The average Bonchev–Trinajstić information content (AvgIpc) is 3.28. The Morgan fingerprint density at radius 1 is 1.18 bits per heavy atom. The first-order chi connectivity index (χ1) is 19.2. The predicted octanol–water partition coefficient (Wildman–Crippen LogP) is 2.92. The minimum Gasteiger partial charge on any atom is -0.494 e. The maximum Gasteiger partial charge on any atom is 0.419 e. The third kappa shape index (κ3) is 4.83. The minimum atomic E-state index is -4.56. The number of rotatable bonds is 8. The molecule has 1 fully saturated rings. The van der Waals surface area contributed by atoms with Crippen molar-refractivity contribution >= 4 is 11.6 Å². The number of hydrogen-bond acceptors (Lipinski definition) is 8. The van der Waals surface area contributed by atoms with Gasteiger partial charge in [0.2, 0.25) is 0 Å². The summed E-state index contributed by atoms with van der Waals surface area (Å²) in [7, 11) is 1.31. The van der Waals surface area contributed by atoms with E-state index in [2.05, 4.69) is 36.1 Å². The van der Waals surface area contributed by atoms with Crippen molar-refractivity contribution in [3.05, 3.63) is 77.0 Å². The number of aromatic nitrogens is 9. The highest BCUT2D eigenvalue weighted by Gasteiger charge is 2.36. The van der Waals surface area contributed by atoms with E-state index in [-0.39, 0.29) is 41.7 Å². The minimum absolute atomic E-state index is 0.0218. The first kappa shape index (κ1) is 25.4. The van der Waals surface area contributed by atoms with E-state index in [0.29, 0.717) is 16.9 Å². The molecule has 0 atom stereocenters. The van der Waals surface area contributed by atoms with Gasteiger partial charge in [-0.25, -0.2) is 18.7 Å². The molecule has 1 N–H and O–H groups in total. The van der Waals surface area contributed by atoms with Gasteiger partial charge in [-0.05, 0) is 52.9 Å². The number of tetrazole rings is 1. The third-order valence-corrected chi connectivity index (χ3v) is 6.50. The summed E-state index contributed by atoms with van der Waals surface area (Å²) >= 11 is 0. The zero-order chi connectivity index (χ0) is 28.0. The quantitative estimate of drug-likeness (QED) is 0.289. The number of hydrogen-bond donors (Lipinski definition) is 1. The highest BCUT2D eigenvalue weighted by Crippen LogP contribution is 2.42. The van der Waals surface area contributed by atoms with Crippen LogP contribution in [-0.4, -0.2) is 57.6 Å². The van der Waals surface area contributed by atoms with Gasteiger partial charge in [0.05, 0.1) is 36.8 Å². The molecule has 12 nitrogen and oxygen atoms in total. The molecule has 206 valence electrons. The van der Waals surface area contributed by atoms with Crippen LogP contribution in [0.2, 0.25) is 0 Å². The summed E-state index contributed by atoms with van der Waals surface area (Å²) in [4.78, 5) is 16.9. The van der Waals surface area contributed by atoms with Crippen LogP contribution in [0.25, 0.3) is 11.3 Å². The maximum absolute atomic E-state index is 15.0. The van der Waals surface area contributed by atoms with Crippen LogP contribution in [0, 0.1) is 5.82 Å². The number of halogens is 4. The number of alkyl halides is 3. The van der Waals surface area contributed by atoms with E-state index in [1.807, 2.05) is 0 Å². The van der Waals surface area contributed by atoms with Crippen LogP contribution in [0.3, 0.4) is 0 Å². The van der Waals surface area contributed by atoms with Crippen molar-refractivity contribution in [2.24, 2.45) is 0 Å². The number of nitrogens with zero attached hydrogens (tertiary/aromatic N) is 9. The molecule has 0 saturated heterocycles. The Balaban J connectivity index is 1.20. The van der Waals surface area contributed by atoms with E-state index in [1.54, 1.807) is 12.3 Å². The lowest BCUT2D eigenvalue weighted by Crippen LogP contribution is -2.25. The summed E-state index contributed by atoms with van der Waals surface area (Å²) in [5, 5.41) is 21.2. The van der Waals surface area contributed by atoms with Crippen LogP contribution in [0.1, 0.15) is 51.6 Å². The molecule has 4 heterocycles. The molecule has 0 spiro atoms. The fourth-order valence-corrected chi connectivity index (χ4v) is 4.40. The van der Waals surface area contributed by atoms with Crippen molar-refractivity contribution in [3.63, 3.8) is 0 Å². The van der Waals surface area contributed by atoms with Crippen molar-refractivity contribution in [2.75, 3.05) is 7.11 Å². The molecule has 1 aliphatic carbocycles. The summed E-state index contributed by atoms with van der Waals surface area (Å²) in [5.74, 6) is -1.26. The molecule has 40 heavy (non-hydrogen) atoms. The van der Waals surface area contributed by atoms with Crippen molar-refractivity contribution in [2.45, 2.75) is 38.0 Å². The van der Waals surface area contributed by atoms with Crippen molar-refractivity contribution in [1.82, 2.24) is 49.9 Å². The van der Waals surface area contributed by atoms with Crippen LogP contribution in [0.15, 0.2) is 43.1 Å². The molecule has 16 heteroatoms. The van der Waals surface area contributed by atoms with Crippen LogP contribution in [0.5, 0.6) is 5.75 Å². The third-order valence-electron chi connectivity index (χ3n) is 6.50. The molecular weight excluding hydrogens is 536 g/mol. The van der Waals surface area contributed by atoms with E-state index in [0.717, 1.165) is 18.9 Å². The molecule has 1 saturated carbocycles. The molecule has 1 aliphatic rings. The van der Waals surface area contributed by atoms with Gasteiger partial charge < -0.3 is 14.5 Å². The summed E-state index contributed by atoms with van der Waals surface area (Å²) < 4.78 is 65.1. The molecular formula is C24H20F4N10O2. The predicted molar refractivity (Wildman–Crippen MR) is 128 cm³/mol. The van der Waals surface area contributed by atoms with Gasteiger partial charge in [0.25, 0.3) is 5.91 Å². The molecule has 4 aromatic heterocycles. The largest absolute Gasteiger partial charge is 0.494 e. The number of carbonyl (C=O) groups is 1. The zero-order valence-electron chi connectivity index (χ0n) is 20.8. The fraction of sp³-hybridized carbons (Fsp3) is 0.292. The lowest BCUT2D eigenvalue weighted by Gasteiger charge is -2.13. The number of methoxy groups -OCH3 is 1. The van der Waals surface area contributed by atoms with Gasteiger partial charge in [-0.2, -0.15) is 13.2 Å². The molecule has 5 aromatic rings. The summed E-state index contributed by atoms with van der Waals surface area (Å²) in [6.07, 6.45) is 2.94. The van der Waals surface area contributed by atoms with Crippen molar-refractivity contribution in [3.8, 4) is 11.4 Å². The number of ether oxygens (including phenoxy) is 1. The van der Waals surface area contributed by atoms with Gasteiger partial charge >= 0.3 is 6.18 Å². The summed E-state index contributed by atoms with van der Waals surface area (Å²) in [5.41, 5.74) is 0.212. The second-order valence-corrected chi connectivity index (χ2v) is 9.24. The normalized spacial score (nSPS) is 13.6. The number of benzene rings is 1. The van der Waals surface area contributed by atoms with E-state index in [1.165, 1.54) is 45.7 Å². The van der Waals surface area contributed by atoms with Crippen molar-refractivity contribution in [1.29, 1.82) is 0 Å². The Hall–Kier alpha value is -4.89. The number of carbonyl (C=O) groups excluding carboxylic acids is 1. The Kier molecular flexibility index (Phi) is 6.15. The Morgan fingerprint density at radius 2 is 2.00 bits per heavy atom. The lowest BCUT2D eigenvalue weighted by molar-refractivity contribution is -0.136. The molecule has 0 unspecified atom stereocenters. The smallest absolute Gasteiger partial charge is 0.419 e. The average molecular weight is 556 g/mol. The van der Waals surface area contributed by atoms with E-state index >= 15 is 4.39 Å². The van der Waals surface area contributed by atoms with Gasteiger partial charge in [-0.15, -0.1) is 10.2 Å². The molecule has 0 bridgehead atoms. The highest BCUT2D eigenvalue weighted by molar-refractivity contribution is 5.91. The summed E-state index contributed by atoms with van der Waals surface area (Å²) in [6.45, 7) is -0.272. The molecule has 1 aromatic carbocycles. The summed E-state index contributed by atoms with van der Waals surface area (Å²) in [6, 6.07) is 4.12. The number of nitrogens with one attached hydrogen (secondary N) is 1. The second kappa shape index (κ2) is 9.69. The number of fused-ring (bicyclic) bond motifs is 1. The van der Waals surface area contributed by atoms with E-state index < -0.39 is 23.5 Å². The van der Waals surface area contributed by atoms with Crippen LogP contribution in [0.4, 0.5) is 17.6 Å². The van der Waals surface area contributed by atoms with Crippen LogP contribution < -0.4 is 10.1 Å². The number of pyridine rings is 1. The Labute approximate surface area is 222 Å². The SMILES string of the molecule is COc1ccc(-n2cnnn2)c(CNC(=O)c2cn(Cc3cn4cc(C5CC5)cc(C(F)(F)F)c4n3)nn2)c1F. The van der Waals surface area contributed by atoms with Gasteiger partial charge in [-0.3, -0.25) is 4.79 Å². The first-order valence-corrected chi connectivity index (χ1v) is 12.1. The molecule has 6 rings (SSSR count). The number of amides is 1. The van der Waals surface area contributed by atoms with E-state index in [9.17, 15) is 18.0 Å². The zero-order valence-corrected chi connectivity index (χ0v) is 20.8. The Bertz CT molecular complexity index is 1710. The van der Waals surface area contributed by atoms with Crippen LogP contribution in [-0.2, 0) is 19.3 Å². The van der Waals surface area contributed by atoms with Gasteiger partial charge in [-0.1, -0.05) is 5.21 Å². The maximum atomic E-state index is 15.0. The van der Waals surface area contributed by atoms with Crippen LogP contribution >= 0.6 is 0 Å². The standard InChI is InChI=1S/C24H20F4N10O2/c1-40-20-5-4-19(38-12-30-33-35-38)16(21(20)25)7-29-23(39)18-11-37(34-32-18)10-15-9-36-8-14(13-2-3-13)6-17(22(36)31-15)24(26,27)28/h4-6,8-9,11-13H,2-3,7,10H2,1H3,(H,29,39). The first-order valence-electron chi connectivity index (χ1n) is 12.1. The number of imidazole rings is 1. The topological polar surface area (TPSA) is 130 Å². The van der Waals surface area contributed by atoms with Crippen molar-refractivity contribution < 1.29 is 27.1 Å².